The maximum atomic E-state index is 11.2. The van der Waals surface area contributed by atoms with Gasteiger partial charge in [0.2, 0.25) is 0 Å². The van der Waals surface area contributed by atoms with Crippen LogP contribution >= 0.6 is 0 Å². The Hall–Kier alpha value is -0.610. The fraction of sp³-hybridized carbons (Fsp3) is 0.923. The zero-order chi connectivity index (χ0) is 12.7. The number of carboxylic acid groups (broad SMARTS) is 1. The van der Waals surface area contributed by atoms with Crippen molar-refractivity contribution < 1.29 is 14.6 Å². The monoisotopic (exact) mass is 243 g/mol. The first-order valence-corrected chi connectivity index (χ1v) is 6.64. The molecule has 1 aliphatic carbocycles. The Morgan fingerprint density at radius 3 is 2.65 bits per heavy atom. The molecule has 0 heterocycles. The summed E-state index contributed by atoms with van der Waals surface area (Å²) in [4.78, 5) is 11.2. The first kappa shape index (κ1) is 14.5. The normalized spacial score (nSPS) is 18.9. The van der Waals surface area contributed by atoms with Crippen molar-refractivity contribution >= 4 is 5.97 Å². The van der Waals surface area contributed by atoms with Crippen LogP contribution in [-0.2, 0) is 9.53 Å². The van der Waals surface area contributed by atoms with Crippen molar-refractivity contribution in [2.75, 3.05) is 20.3 Å². The van der Waals surface area contributed by atoms with Crippen LogP contribution in [0.25, 0.3) is 0 Å². The maximum absolute atomic E-state index is 11.2. The molecule has 17 heavy (non-hydrogen) atoms. The molecule has 2 N–H and O–H groups in total. The molecule has 1 saturated carbocycles. The van der Waals surface area contributed by atoms with Gasteiger partial charge in [0.25, 0.3) is 0 Å². The molecule has 0 aromatic heterocycles. The Bertz CT molecular complexity index is 235. The molecule has 1 rings (SSSR count). The molecule has 1 atom stereocenters. The highest BCUT2D eigenvalue weighted by atomic mass is 16.5. The van der Waals surface area contributed by atoms with Crippen LogP contribution in [0, 0.1) is 5.92 Å². The Balaban J connectivity index is 2.10. The minimum atomic E-state index is -0.778. The Labute approximate surface area is 104 Å². The largest absolute Gasteiger partial charge is 0.480 e. The molecule has 100 valence electrons. The van der Waals surface area contributed by atoms with Gasteiger partial charge in [0.1, 0.15) is 5.54 Å². The molecule has 0 spiro atoms. The summed E-state index contributed by atoms with van der Waals surface area (Å²) in [6.45, 7) is 3.40. The molecule has 0 aromatic rings. The van der Waals surface area contributed by atoms with Gasteiger partial charge < -0.3 is 15.2 Å². The van der Waals surface area contributed by atoms with Gasteiger partial charge in [-0.15, -0.1) is 0 Å². The SMILES string of the molecule is CCC(CCCOCCC1CC1)(NC)C(=O)O. The van der Waals surface area contributed by atoms with Gasteiger partial charge in [-0.3, -0.25) is 4.79 Å². The van der Waals surface area contributed by atoms with E-state index >= 15 is 0 Å². The molecule has 4 nitrogen and oxygen atoms in total. The Kier molecular flexibility index (Phi) is 5.92. The molecule has 0 radical (unpaired) electrons. The highest BCUT2D eigenvalue weighted by Crippen LogP contribution is 2.32. The van der Waals surface area contributed by atoms with Crippen LogP contribution in [0.2, 0.25) is 0 Å². The number of carboxylic acids is 1. The van der Waals surface area contributed by atoms with E-state index in [0.29, 0.717) is 19.4 Å². The van der Waals surface area contributed by atoms with E-state index in [4.69, 9.17) is 4.74 Å². The van der Waals surface area contributed by atoms with Gasteiger partial charge in [-0.25, -0.2) is 0 Å². The third-order valence-electron chi connectivity index (χ3n) is 3.75. The van der Waals surface area contributed by atoms with Crippen molar-refractivity contribution in [1.29, 1.82) is 0 Å². The third kappa shape index (κ3) is 4.64. The summed E-state index contributed by atoms with van der Waals surface area (Å²) in [5, 5.41) is 12.1. The molecule has 0 aromatic carbocycles. The van der Waals surface area contributed by atoms with Gasteiger partial charge in [-0.2, -0.15) is 0 Å². The zero-order valence-electron chi connectivity index (χ0n) is 11.0. The van der Waals surface area contributed by atoms with Crippen LogP contribution in [0.4, 0.5) is 0 Å². The average Bonchev–Trinajstić information content (AvgIpc) is 3.12. The van der Waals surface area contributed by atoms with Crippen LogP contribution < -0.4 is 5.32 Å². The van der Waals surface area contributed by atoms with E-state index in [1.165, 1.54) is 19.3 Å². The topological polar surface area (TPSA) is 58.6 Å². The lowest BCUT2D eigenvalue weighted by Crippen LogP contribution is -2.49. The minimum Gasteiger partial charge on any atom is -0.480 e. The molecule has 1 fully saturated rings. The number of rotatable bonds is 10. The van der Waals surface area contributed by atoms with E-state index in [2.05, 4.69) is 5.32 Å². The molecular formula is C13H25NO3. The number of carbonyl (C=O) groups is 1. The van der Waals surface area contributed by atoms with E-state index < -0.39 is 11.5 Å². The quantitative estimate of drug-likeness (QED) is 0.576. The van der Waals surface area contributed by atoms with E-state index in [0.717, 1.165) is 18.9 Å². The molecule has 0 saturated heterocycles. The van der Waals surface area contributed by atoms with Crippen molar-refractivity contribution in [1.82, 2.24) is 5.32 Å². The van der Waals surface area contributed by atoms with Crippen molar-refractivity contribution in [2.45, 2.75) is 51.0 Å². The summed E-state index contributed by atoms with van der Waals surface area (Å²) in [7, 11) is 1.71. The zero-order valence-corrected chi connectivity index (χ0v) is 11.0. The summed E-state index contributed by atoms with van der Waals surface area (Å²) >= 11 is 0. The van der Waals surface area contributed by atoms with E-state index in [-0.39, 0.29) is 0 Å². The highest BCUT2D eigenvalue weighted by Gasteiger charge is 2.34. The van der Waals surface area contributed by atoms with E-state index in [9.17, 15) is 9.90 Å². The van der Waals surface area contributed by atoms with Gasteiger partial charge in [0.05, 0.1) is 0 Å². The second kappa shape index (κ2) is 6.97. The van der Waals surface area contributed by atoms with Gasteiger partial charge in [0, 0.05) is 13.2 Å². The standard InChI is InChI=1S/C13H25NO3/c1-3-13(14-2,12(15)16)8-4-9-17-10-7-11-5-6-11/h11,14H,3-10H2,1-2H3,(H,15,16). The Morgan fingerprint density at radius 2 is 2.18 bits per heavy atom. The van der Waals surface area contributed by atoms with Crippen LogP contribution in [0.1, 0.15) is 45.4 Å². The molecule has 0 aliphatic heterocycles. The van der Waals surface area contributed by atoms with Crippen LogP contribution in [0.15, 0.2) is 0 Å². The molecule has 1 unspecified atom stereocenters. The van der Waals surface area contributed by atoms with E-state index in [1.807, 2.05) is 6.92 Å². The van der Waals surface area contributed by atoms with Crippen molar-refractivity contribution in [3.63, 3.8) is 0 Å². The lowest BCUT2D eigenvalue weighted by molar-refractivity contribution is -0.145. The van der Waals surface area contributed by atoms with E-state index in [1.54, 1.807) is 7.05 Å². The van der Waals surface area contributed by atoms with Crippen LogP contribution in [0.3, 0.4) is 0 Å². The predicted molar refractivity (Wildman–Crippen MR) is 67.1 cm³/mol. The average molecular weight is 243 g/mol. The summed E-state index contributed by atoms with van der Waals surface area (Å²) in [6, 6.07) is 0. The first-order valence-electron chi connectivity index (χ1n) is 6.64. The first-order chi connectivity index (χ1) is 8.14. The van der Waals surface area contributed by atoms with Crippen LogP contribution in [-0.4, -0.2) is 36.9 Å². The number of hydrogen-bond donors (Lipinski definition) is 2. The number of likely N-dealkylation sites (N-methyl/N-ethyl adjacent to an activating group) is 1. The lowest BCUT2D eigenvalue weighted by atomic mass is 9.91. The lowest BCUT2D eigenvalue weighted by Gasteiger charge is -2.27. The fourth-order valence-corrected chi connectivity index (χ4v) is 2.08. The summed E-state index contributed by atoms with van der Waals surface area (Å²) in [5.41, 5.74) is -0.778. The third-order valence-corrected chi connectivity index (χ3v) is 3.75. The highest BCUT2D eigenvalue weighted by molar-refractivity contribution is 5.78. The van der Waals surface area contributed by atoms with Crippen molar-refractivity contribution in [3.8, 4) is 0 Å². The van der Waals surface area contributed by atoms with Crippen molar-refractivity contribution in [2.24, 2.45) is 5.92 Å². The van der Waals surface area contributed by atoms with Crippen molar-refractivity contribution in [3.05, 3.63) is 0 Å². The molecule has 1 aliphatic rings. The number of ether oxygens (including phenoxy) is 1. The molecule has 4 heteroatoms. The Morgan fingerprint density at radius 1 is 1.47 bits per heavy atom. The molecule has 0 amide bonds. The predicted octanol–water partition coefficient (Wildman–Crippen LogP) is 2.04. The number of hydrogen-bond acceptors (Lipinski definition) is 3. The van der Waals surface area contributed by atoms with Gasteiger partial charge >= 0.3 is 5.97 Å². The number of aliphatic carboxylic acids is 1. The summed E-state index contributed by atoms with van der Waals surface area (Å²) in [5.74, 6) is 0.140. The second-order valence-electron chi connectivity index (χ2n) is 4.94. The molecule has 0 bridgehead atoms. The maximum Gasteiger partial charge on any atom is 0.323 e. The number of nitrogens with one attached hydrogen (secondary N) is 1. The fourth-order valence-electron chi connectivity index (χ4n) is 2.08. The summed E-state index contributed by atoms with van der Waals surface area (Å²) < 4.78 is 5.53. The van der Waals surface area contributed by atoms with Gasteiger partial charge in [-0.05, 0) is 38.6 Å². The summed E-state index contributed by atoms with van der Waals surface area (Å²) in [6.07, 6.45) is 5.91. The van der Waals surface area contributed by atoms with Gasteiger partial charge in [-0.1, -0.05) is 19.8 Å². The minimum absolute atomic E-state index is 0.598. The van der Waals surface area contributed by atoms with Crippen LogP contribution in [0.5, 0.6) is 0 Å². The van der Waals surface area contributed by atoms with Gasteiger partial charge in [0.15, 0.2) is 0 Å². The smallest absolute Gasteiger partial charge is 0.323 e. The molecular weight excluding hydrogens is 218 g/mol. The second-order valence-corrected chi connectivity index (χ2v) is 4.94.